The summed E-state index contributed by atoms with van der Waals surface area (Å²) in [5.41, 5.74) is 5.70. The molecule has 82 valence electrons. The molecule has 0 aliphatic heterocycles. The highest BCUT2D eigenvalue weighted by molar-refractivity contribution is 6.41. The van der Waals surface area contributed by atoms with E-state index in [-0.39, 0.29) is 12.2 Å². The molecule has 0 heterocycles. The SMILES string of the molecule is CC(=O)CC(=O)C1(Cl)C=C(Cl)C=CC1N. The van der Waals surface area contributed by atoms with Gasteiger partial charge in [-0.3, -0.25) is 9.59 Å². The molecule has 0 aromatic rings. The molecule has 0 saturated carbocycles. The van der Waals surface area contributed by atoms with Crippen LogP contribution in [0.4, 0.5) is 0 Å². The van der Waals surface area contributed by atoms with E-state index in [4.69, 9.17) is 28.9 Å². The van der Waals surface area contributed by atoms with Crippen molar-refractivity contribution < 1.29 is 9.59 Å². The van der Waals surface area contributed by atoms with Gasteiger partial charge in [0.25, 0.3) is 0 Å². The molecule has 0 aromatic heterocycles. The monoisotopic (exact) mass is 247 g/mol. The Labute approximate surface area is 97.9 Å². The Balaban J connectivity index is 2.95. The molecule has 0 saturated heterocycles. The minimum absolute atomic E-state index is 0.230. The van der Waals surface area contributed by atoms with E-state index in [2.05, 4.69) is 0 Å². The molecule has 1 aliphatic carbocycles. The second-order valence-electron chi connectivity index (χ2n) is 3.48. The number of halogens is 2. The van der Waals surface area contributed by atoms with Crippen LogP contribution in [-0.4, -0.2) is 22.5 Å². The second-order valence-corrected chi connectivity index (χ2v) is 4.55. The van der Waals surface area contributed by atoms with E-state index in [0.717, 1.165) is 0 Å². The van der Waals surface area contributed by atoms with Crippen molar-refractivity contribution in [3.8, 4) is 0 Å². The van der Waals surface area contributed by atoms with E-state index in [1.807, 2.05) is 0 Å². The van der Waals surface area contributed by atoms with Crippen LogP contribution in [0.15, 0.2) is 23.3 Å². The maximum atomic E-state index is 11.7. The van der Waals surface area contributed by atoms with Gasteiger partial charge in [-0.25, -0.2) is 0 Å². The molecule has 0 radical (unpaired) electrons. The number of carbonyl (C=O) groups is 2. The number of hydrogen-bond acceptors (Lipinski definition) is 3. The molecule has 2 unspecified atom stereocenters. The molecule has 15 heavy (non-hydrogen) atoms. The van der Waals surface area contributed by atoms with E-state index in [1.165, 1.54) is 13.0 Å². The van der Waals surface area contributed by atoms with E-state index in [1.54, 1.807) is 12.2 Å². The Morgan fingerprint density at radius 2 is 2.20 bits per heavy atom. The molecular weight excluding hydrogens is 237 g/mol. The fraction of sp³-hybridized carbons (Fsp3) is 0.400. The first-order chi connectivity index (χ1) is 6.86. The summed E-state index contributed by atoms with van der Waals surface area (Å²) >= 11 is 11.8. The van der Waals surface area contributed by atoms with Crippen molar-refractivity contribution in [3.05, 3.63) is 23.3 Å². The predicted molar refractivity (Wildman–Crippen MR) is 59.9 cm³/mol. The number of allylic oxidation sites excluding steroid dienone is 2. The summed E-state index contributed by atoms with van der Waals surface area (Å²) < 4.78 is 0. The average molecular weight is 248 g/mol. The highest BCUT2D eigenvalue weighted by Gasteiger charge is 2.40. The molecule has 1 aliphatic rings. The first-order valence-electron chi connectivity index (χ1n) is 4.40. The minimum atomic E-state index is -1.39. The van der Waals surface area contributed by atoms with Crippen molar-refractivity contribution in [1.82, 2.24) is 0 Å². The van der Waals surface area contributed by atoms with Crippen LogP contribution < -0.4 is 5.73 Å². The van der Waals surface area contributed by atoms with Crippen LogP contribution in [0.2, 0.25) is 0 Å². The molecule has 0 bridgehead atoms. The number of ketones is 2. The maximum absolute atomic E-state index is 11.7. The van der Waals surface area contributed by atoms with Gasteiger partial charge in [0.2, 0.25) is 0 Å². The van der Waals surface area contributed by atoms with E-state index in [0.29, 0.717) is 5.03 Å². The molecule has 5 heteroatoms. The standard InChI is InChI=1S/C10H11Cl2NO2/c1-6(14)4-9(15)10(12)5-7(11)2-3-8(10)13/h2-3,5,8H,4,13H2,1H3. The summed E-state index contributed by atoms with van der Waals surface area (Å²) in [5, 5.41) is 0.351. The zero-order valence-corrected chi connectivity index (χ0v) is 9.68. The number of alkyl halides is 1. The summed E-state index contributed by atoms with van der Waals surface area (Å²) in [4.78, 5) is 21.2. The molecule has 1 rings (SSSR count). The zero-order chi connectivity index (χ0) is 11.6. The van der Waals surface area contributed by atoms with Gasteiger partial charge in [-0.1, -0.05) is 17.7 Å². The van der Waals surface area contributed by atoms with Crippen LogP contribution in [0.3, 0.4) is 0 Å². The van der Waals surface area contributed by atoms with E-state index < -0.39 is 16.7 Å². The summed E-state index contributed by atoms with van der Waals surface area (Å²) in [6.45, 7) is 1.33. The van der Waals surface area contributed by atoms with Gasteiger partial charge < -0.3 is 5.73 Å². The number of nitrogens with two attached hydrogens (primary N) is 1. The van der Waals surface area contributed by atoms with Crippen LogP contribution in [0.25, 0.3) is 0 Å². The normalized spacial score (nSPS) is 29.9. The quantitative estimate of drug-likeness (QED) is 0.608. The van der Waals surface area contributed by atoms with Gasteiger partial charge in [0.05, 0.1) is 12.5 Å². The number of Topliss-reactive ketones (excluding diaryl/α,β-unsaturated/α-hetero) is 2. The first kappa shape index (κ1) is 12.4. The summed E-state index contributed by atoms with van der Waals surface area (Å²) in [5.74, 6) is -0.669. The molecule has 0 spiro atoms. The Morgan fingerprint density at radius 3 is 2.73 bits per heavy atom. The molecule has 2 atom stereocenters. The Morgan fingerprint density at radius 1 is 1.60 bits per heavy atom. The fourth-order valence-electron chi connectivity index (χ4n) is 1.31. The second kappa shape index (κ2) is 4.47. The lowest BCUT2D eigenvalue weighted by Gasteiger charge is -2.29. The van der Waals surface area contributed by atoms with Crippen LogP contribution in [0, 0.1) is 0 Å². The van der Waals surface area contributed by atoms with Crippen LogP contribution in [0.5, 0.6) is 0 Å². The smallest absolute Gasteiger partial charge is 0.166 e. The largest absolute Gasteiger partial charge is 0.322 e. The molecule has 2 N–H and O–H groups in total. The minimum Gasteiger partial charge on any atom is -0.322 e. The fourth-order valence-corrected chi connectivity index (χ4v) is 1.87. The molecule has 0 aromatic carbocycles. The lowest BCUT2D eigenvalue weighted by Crippen LogP contribution is -2.48. The topological polar surface area (TPSA) is 60.2 Å². The molecule has 0 fully saturated rings. The highest BCUT2D eigenvalue weighted by Crippen LogP contribution is 2.31. The Hall–Kier alpha value is -0.640. The zero-order valence-electron chi connectivity index (χ0n) is 8.17. The summed E-state index contributed by atoms with van der Waals surface area (Å²) in [7, 11) is 0. The van der Waals surface area contributed by atoms with Crippen LogP contribution in [0.1, 0.15) is 13.3 Å². The molecular formula is C10H11Cl2NO2. The summed E-state index contributed by atoms with van der Waals surface area (Å²) in [6, 6.07) is -0.659. The van der Waals surface area contributed by atoms with E-state index >= 15 is 0 Å². The van der Waals surface area contributed by atoms with Crippen LogP contribution >= 0.6 is 23.2 Å². The van der Waals surface area contributed by atoms with Crippen molar-refractivity contribution in [2.45, 2.75) is 24.3 Å². The Kier molecular flexibility index (Phi) is 3.71. The predicted octanol–water partition coefficient (Wildman–Crippen LogP) is 1.53. The van der Waals surface area contributed by atoms with Gasteiger partial charge in [-0.05, 0) is 19.1 Å². The van der Waals surface area contributed by atoms with Gasteiger partial charge in [-0.15, -0.1) is 11.6 Å². The van der Waals surface area contributed by atoms with Gasteiger partial charge in [0, 0.05) is 5.03 Å². The van der Waals surface area contributed by atoms with Gasteiger partial charge in [-0.2, -0.15) is 0 Å². The number of rotatable bonds is 3. The van der Waals surface area contributed by atoms with Crippen LogP contribution in [-0.2, 0) is 9.59 Å². The third kappa shape index (κ3) is 2.68. The van der Waals surface area contributed by atoms with Crippen molar-refractivity contribution in [3.63, 3.8) is 0 Å². The number of hydrogen-bond donors (Lipinski definition) is 1. The van der Waals surface area contributed by atoms with Gasteiger partial charge >= 0.3 is 0 Å². The third-order valence-corrected chi connectivity index (χ3v) is 2.94. The Bertz CT molecular complexity index is 362. The van der Waals surface area contributed by atoms with Crippen molar-refractivity contribution >= 4 is 34.8 Å². The maximum Gasteiger partial charge on any atom is 0.166 e. The average Bonchev–Trinajstić information content (AvgIpc) is 2.10. The van der Waals surface area contributed by atoms with Crippen molar-refractivity contribution in [1.29, 1.82) is 0 Å². The summed E-state index contributed by atoms with van der Waals surface area (Å²) in [6.07, 6.45) is 4.28. The third-order valence-electron chi connectivity index (χ3n) is 2.13. The van der Waals surface area contributed by atoms with Crippen molar-refractivity contribution in [2.24, 2.45) is 5.73 Å². The first-order valence-corrected chi connectivity index (χ1v) is 5.15. The highest BCUT2D eigenvalue weighted by atomic mass is 35.5. The molecule has 3 nitrogen and oxygen atoms in total. The number of carbonyl (C=O) groups excluding carboxylic acids is 2. The van der Waals surface area contributed by atoms with Crippen molar-refractivity contribution in [2.75, 3.05) is 0 Å². The van der Waals surface area contributed by atoms with Gasteiger partial charge in [0.15, 0.2) is 5.78 Å². The lowest BCUT2D eigenvalue weighted by atomic mass is 9.88. The lowest BCUT2D eigenvalue weighted by molar-refractivity contribution is -0.126. The van der Waals surface area contributed by atoms with Gasteiger partial charge in [0.1, 0.15) is 10.7 Å². The van der Waals surface area contributed by atoms with E-state index in [9.17, 15) is 9.59 Å². The molecule has 0 amide bonds.